The summed E-state index contributed by atoms with van der Waals surface area (Å²) in [6.45, 7) is 0. The van der Waals surface area contributed by atoms with Crippen molar-refractivity contribution >= 4 is 39.7 Å². The van der Waals surface area contributed by atoms with Gasteiger partial charge in [0.2, 0.25) is 0 Å². The molecule has 0 saturated heterocycles. The van der Waals surface area contributed by atoms with Crippen molar-refractivity contribution in [3.8, 4) is 11.3 Å². The Morgan fingerprint density at radius 2 is 2.07 bits per heavy atom. The number of hydrogen-bond donors (Lipinski definition) is 1. The van der Waals surface area contributed by atoms with Crippen LogP contribution in [0.5, 0.6) is 0 Å². The van der Waals surface area contributed by atoms with E-state index in [0.717, 1.165) is 11.3 Å². The summed E-state index contributed by atoms with van der Waals surface area (Å²) >= 11 is 13.3. The van der Waals surface area contributed by atoms with Crippen LogP contribution < -0.4 is 10.7 Å². The molecule has 0 aliphatic rings. The van der Waals surface area contributed by atoms with E-state index in [-0.39, 0.29) is 0 Å². The van der Waals surface area contributed by atoms with E-state index in [1.807, 2.05) is 11.4 Å². The molecule has 0 amide bonds. The molecule has 0 saturated carbocycles. The summed E-state index contributed by atoms with van der Waals surface area (Å²) in [6.07, 6.45) is 0. The molecule has 3 N–H and O–H groups in total. The van der Waals surface area contributed by atoms with Crippen molar-refractivity contribution in [1.29, 1.82) is 0 Å². The van der Waals surface area contributed by atoms with Crippen LogP contribution >= 0.6 is 34.5 Å². The van der Waals surface area contributed by atoms with Gasteiger partial charge in [0.05, 0.1) is 5.02 Å². The number of halogens is 2. The van der Waals surface area contributed by atoms with Crippen LogP contribution in [-0.2, 0) is 0 Å². The molecule has 0 radical (unpaired) electrons. The minimum atomic E-state index is 0.617. The number of nitrogens with two attached hydrogens (primary N) is 1. The molecular weight excluding hydrogens is 239 g/mol. The highest BCUT2D eigenvalue weighted by atomic mass is 35.5. The molecule has 1 aromatic heterocycles. The van der Waals surface area contributed by atoms with Crippen LogP contribution in [0.3, 0.4) is 0 Å². The second-order valence-corrected chi connectivity index (χ2v) is 4.52. The Kier molecular flexibility index (Phi) is 2.63. The fraction of sp³-hybridized carbons (Fsp3) is 0. The first-order chi connectivity index (χ1) is 6.66. The van der Waals surface area contributed by atoms with E-state index in [1.165, 1.54) is 11.3 Å². The molecule has 2 rings (SSSR count). The first kappa shape index (κ1) is 9.77. The first-order valence-corrected chi connectivity index (χ1v) is 5.52. The summed E-state index contributed by atoms with van der Waals surface area (Å²) in [5, 5.41) is 3.82. The minimum absolute atomic E-state index is 0.617. The number of aromatic nitrogens is 1. The van der Waals surface area contributed by atoms with Gasteiger partial charge in [-0.1, -0.05) is 34.5 Å². The van der Waals surface area contributed by atoms with Gasteiger partial charge in [0.15, 0.2) is 0 Å². The molecule has 0 spiro atoms. The maximum absolute atomic E-state index is 6.03. The standard InChI is InChI=1S/C9H6Cl2N2S/c10-5-1-2-6(7(11)3-5)8-4-14-9(12)13-8/h1-4H,(H2,12,13)/p+1. The van der Waals surface area contributed by atoms with Crippen molar-refractivity contribution in [2.75, 3.05) is 5.73 Å². The van der Waals surface area contributed by atoms with Gasteiger partial charge in [-0.2, -0.15) is 0 Å². The van der Waals surface area contributed by atoms with E-state index >= 15 is 0 Å². The molecule has 1 heterocycles. The number of anilines is 1. The van der Waals surface area contributed by atoms with E-state index in [0.29, 0.717) is 15.2 Å². The Labute approximate surface area is 95.3 Å². The van der Waals surface area contributed by atoms with Crippen molar-refractivity contribution in [3.05, 3.63) is 33.6 Å². The van der Waals surface area contributed by atoms with Crippen LogP contribution in [0, 0.1) is 0 Å². The van der Waals surface area contributed by atoms with Gasteiger partial charge in [-0.05, 0) is 18.2 Å². The number of benzene rings is 1. The van der Waals surface area contributed by atoms with Gasteiger partial charge in [-0.3, -0.25) is 5.73 Å². The van der Waals surface area contributed by atoms with Crippen molar-refractivity contribution < 1.29 is 4.98 Å². The maximum atomic E-state index is 6.03. The predicted molar refractivity (Wildman–Crippen MR) is 60.7 cm³/mol. The van der Waals surface area contributed by atoms with Crippen molar-refractivity contribution in [3.63, 3.8) is 0 Å². The predicted octanol–water partition coefficient (Wildman–Crippen LogP) is 3.12. The zero-order chi connectivity index (χ0) is 10.1. The van der Waals surface area contributed by atoms with Crippen LogP contribution in [0.4, 0.5) is 5.13 Å². The summed E-state index contributed by atoms with van der Waals surface area (Å²) < 4.78 is 0. The van der Waals surface area contributed by atoms with Gasteiger partial charge in [0.1, 0.15) is 5.69 Å². The number of rotatable bonds is 1. The minimum Gasteiger partial charge on any atom is -0.278 e. The Hall–Kier alpha value is -0.770. The average Bonchev–Trinajstić information content (AvgIpc) is 2.51. The number of nitrogens with one attached hydrogen (secondary N) is 1. The molecule has 2 nitrogen and oxygen atoms in total. The van der Waals surface area contributed by atoms with E-state index in [2.05, 4.69) is 4.98 Å². The molecule has 0 bridgehead atoms. The fourth-order valence-corrected chi connectivity index (χ4v) is 2.26. The molecule has 1 aromatic carbocycles. The molecule has 14 heavy (non-hydrogen) atoms. The lowest BCUT2D eigenvalue weighted by atomic mass is 10.2. The summed E-state index contributed by atoms with van der Waals surface area (Å²) in [4.78, 5) is 3.02. The topological polar surface area (TPSA) is 40.2 Å². The van der Waals surface area contributed by atoms with E-state index in [1.54, 1.807) is 12.1 Å². The van der Waals surface area contributed by atoms with Gasteiger partial charge in [0, 0.05) is 16.0 Å². The zero-order valence-corrected chi connectivity index (χ0v) is 9.38. The van der Waals surface area contributed by atoms with Crippen LogP contribution in [-0.4, -0.2) is 0 Å². The molecule has 0 aliphatic heterocycles. The quantitative estimate of drug-likeness (QED) is 0.825. The number of aromatic amines is 1. The fourth-order valence-electron chi connectivity index (χ4n) is 1.15. The summed E-state index contributed by atoms with van der Waals surface area (Å²) in [5.41, 5.74) is 7.41. The molecule has 2 aromatic rings. The van der Waals surface area contributed by atoms with E-state index in [4.69, 9.17) is 28.9 Å². The Balaban J connectivity index is 2.52. The van der Waals surface area contributed by atoms with Crippen LogP contribution in [0.25, 0.3) is 11.3 Å². The summed E-state index contributed by atoms with van der Waals surface area (Å²) in [6, 6.07) is 5.37. The molecule has 0 aliphatic carbocycles. The van der Waals surface area contributed by atoms with E-state index < -0.39 is 0 Å². The number of thiazole rings is 1. The van der Waals surface area contributed by atoms with Gasteiger partial charge < -0.3 is 0 Å². The average molecular weight is 246 g/mol. The molecule has 0 atom stereocenters. The second kappa shape index (κ2) is 3.77. The first-order valence-electron chi connectivity index (χ1n) is 3.88. The molecule has 0 unspecified atom stereocenters. The highest BCUT2D eigenvalue weighted by molar-refractivity contribution is 7.13. The van der Waals surface area contributed by atoms with Gasteiger partial charge in [0.25, 0.3) is 0 Å². The lowest BCUT2D eigenvalue weighted by Gasteiger charge is -1.98. The number of nitrogen functional groups attached to an aromatic ring is 1. The molecular formula is C9H7Cl2N2S+. The number of H-pyrrole nitrogens is 1. The lowest BCUT2D eigenvalue weighted by Crippen LogP contribution is -2.06. The summed E-state index contributed by atoms with van der Waals surface area (Å²) in [7, 11) is 0. The van der Waals surface area contributed by atoms with Crippen molar-refractivity contribution in [2.45, 2.75) is 0 Å². The third-order valence-electron chi connectivity index (χ3n) is 1.78. The maximum Gasteiger partial charge on any atom is 0.329 e. The SMILES string of the molecule is Nc1[nH+]c(-c2ccc(Cl)cc2Cl)cs1. The highest BCUT2D eigenvalue weighted by Crippen LogP contribution is 2.29. The molecule has 0 fully saturated rings. The third kappa shape index (κ3) is 1.85. The summed E-state index contributed by atoms with van der Waals surface area (Å²) in [5.74, 6) is 0. The van der Waals surface area contributed by atoms with Crippen molar-refractivity contribution in [2.24, 2.45) is 0 Å². The highest BCUT2D eigenvalue weighted by Gasteiger charge is 2.10. The normalized spacial score (nSPS) is 10.4. The van der Waals surface area contributed by atoms with E-state index in [9.17, 15) is 0 Å². The van der Waals surface area contributed by atoms with Crippen LogP contribution in [0.1, 0.15) is 0 Å². The number of hydrogen-bond acceptors (Lipinski definition) is 2. The van der Waals surface area contributed by atoms with Gasteiger partial charge >= 0.3 is 5.13 Å². The van der Waals surface area contributed by atoms with Gasteiger partial charge in [-0.15, -0.1) is 0 Å². The van der Waals surface area contributed by atoms with Crippen LogP contribution in [0.15, 0.2) is 23.6 Å². The largest absolute Gasteiger partial charge is 0.329 e. The van der Waals surface area contributed by atoms with Crippen molar-refractivity contribution in [1.82, 2.24) is 0 Å². The van der Waals surface area contributed by atoms with Gasteiger partial charge in [-0.25, -0.2) is 4.98 Å². The van der Waals surface area contributed by atoms with Crippen LogP contribution in [0.2, 0.25) is 10.0 Å². The smallest absolute Gasteiger partial charge is 0.278 e. The second-order valence-electron chi connectivity index (χ2n) is 2.76. The molecule has 72 valence electrons. The monoisotopic (exact) mass is 245 g/mol. The molecule has 5 heteroatoms. The Bertz CT molecular complexity index is 468. The zero-order valence-electron chi connectivity index (χ0n) is 7.05. The Morgan fingerprint density at radius 1 is 1.29 bits per heavy atom. The lowest BCUT2D eigenvalue weighted by molar-refractivity contribution is -0.340. The third-order valence-corrected chi connectivity index (χ3v) is 3.04. The Morgan fingerprint density at radius 3 is 2.64 bits per heavy atom.